The van der Waals surface area contributed by atoms with Gasteiger partial charge in [-0.25, -0.2) is 4.98 Å². The summed E-state index contributed by atoms with van der Waals surface area (Å²) in [6.45, 7) is 0.968. The van der Waals surface area contributed by atoms with Crippen molar-refractivity contribution in [2.45, 2.75) is 25.2 Å². The van der Waals surface area contributed by atoms with Gasteiger partial charge < -0.3 is 14.8 Å². The zero-order valence-electron chi connectivity index (χ0n) is 13.8. The summed E-state index contributed by atoms with van der Waals surface area (Å²) in [6.07, 6.45) is 4.60. The summed E-state index contributed by atoms with van der Waals surface area (Å²) in [7, 11) is 1.62. The average molecular weight is 326 g/mol. The van der Waals surface area contributed by atoms with Gasteiger partial charge in [0.15, 0.2) is 0 Å². The molecule has 1 aliphatic carbocycles. The normalized spacial score (nSPS) is 16.3. The van der Waals surface area contributed by atoms with Gasteiger partial charge in [0.2, 0.25) is 11.8 Å². The topological polar surface area (TPSA) is 60.5 Å². The molecular formula is C19H22N2O3. The van der Waals surface area contributed by atoms with Crippen LogP contribution in [0.1, 0.15) is 29.9 Å². The molecule has 0 saturated carbocycles. The standard InChI is InChI=1S/C19H22N2O3/c1-23-11-12-24-18-10-9-15(13-20-18)21-19(22)17-8-4-6-14-5-2-3-7-16(14)17/h2-3,5,7,9-10,13,17H,4,6,8,11-12H2,1H3,(H,21,22). The Kier molecular flexibility index (Phi) is 5.43. The maximum absolute atomic E-state index is 12.6. The van der Waals surface area contributed by atoms with Crippen LogP contribution in [0.2, 0.25) is 0 Å². The van der Waals surface area contributed by atoms with Crippen molar-refractivity contribution >= 4 is 11.6 Å². The largest absolute Gasteiger partial charge is 0.475 e. The van der Waals surface area contributed by atoms with Crippen molar-refractivity contribution < 1.29 is 14.3 Å². The molecule has 0 aliphatic heterocycles. The molecule has 1 unspecified atom stereocenters. The summed E-state index contributed by atoms with van der Waals surface area (Å²) in [6, 6.07) is 11.8. The second kappa shape index (κ2) is 7.93. The van der Waals surface area contributed by atoms with Gasteiger partial charge in [0.05, 0.1) is 24.4 Å². The highest BCUT2D eigenvalue weighted by atomic mass is 16.5. The van der Waals surface area contributed by atoms with E-state index in [1.807, 2.05) is 18.2 Å². The van der Waals surface area contributed by atoms with Crippen molar-refractivity contribution in [2.75, 3.05) is 25.6 Å². The first-order valence-electron chi connectivity index (χ1n) is 8.24. The van der Waals surface area contributed by atoms with E-state index in [1.165, 1.54) is 5.56 Å². The number of fused-ring (bicyclic) bond motifs is 1. The number of methoxy groups -OCH3 is 1. The van der Waals surface area contributed by atoms with E-state index in [2.05, 4.69) is 22.4 Å². The predicted molar refractivity (Wildman–Crippen MR) is 92.4 cm³/mol. The van der Waals surface area contributed by atoms with Gasteiger partial charge in [-0.2, -0.15) is 0 Å². The summed E-state index contributed by atoms with van der Waals surface area (Å²) in [5.74, 6) is 0.456. The third-order valence-corrected chi connectivity index (χ3v) is 4.23. The zero-order valence-corrected chi connectivity index (χ0v) is 13.8. The number of hydrogen-bond donors (Lipinski definition) is 1. The number of rotatable bonds is 6. The number of aromatic nitrogens is 1. The second-order valence-electron chi connectivity index (χ2n) is 5.86. The summed E-state index contributed by atoms with van der Waals surface area (Å²) in [5.41, 5.74) is 3.11. The maximum Gasteiger partial charge on any atom is 0.231 e. The number of amides is 1. The van der Waals surface area contributed by atoms with Crippen LogP contribution in [0.5, 0.6) is 5.88 Å². The summed E-state index contributed by atoms with van der Waals surface area (Å²) in [4.78, 5) is 16.8. The van der Waals surface area contributed by atoms with Crippen LogP contribution in [0.15, 0.2) is 42.6 Å². The van der Waals surface area contributed by atoms with E-state index < -0.39 is 0 Å². The van der Waals surface area contributed by atoms with Crippen LogP contribution in [0, 0.1) is 0 Å². The number of pyridine rings is 1. The fourth-order valence-electron chi connectivity index (χ4n) is 3.02. The van der Waals surface area contributed by atoms with Crippen molar-refractivity contribution in [3.63, 3.8) is 0 Å². The quantitative estimate of drug-likeness (QED) is 0.828. The van der Waals surface area contributed by atoms with Gasteiger partial charge >= 0.3 is 0 Å². The third kappa shape index (κ3) is 3.92. The van der Waals surface area contributed by atoms with Crippen LogP contribution in [-0.2, 0) is 16.0 Å². The summed E-state index contributed by atoms with van der Waals surface area (Å²) < 4.78 is 10.3. The molecule has 0 radical (unpaired) electrons. The monoisotopic (exact) mass is 326 g/mol. The highest BCUT2D eigenvalue weighted by molar-refractivity contribution is 5.96. The van der Waals surface area contributed by atoms with Crippen molar-refractivity contribution in [1.29, 1.82) is 0 Å². The molecule has 1 aromatic carbocycles. The Morgan fingerprint density at radius 2 is 2.12 bits per heavy atom. The van der Waals surface area contributed by atoms with E-state index >= 15 is 0 Å². The predicted octanol–water partition coefficient (Wildman–Crippen LogP) is 3.17. The lowest BCUT2D eigenvalue weighted by Gasteiger charge is -2.24. The van der Waals surface area contributed by atoms with Crippen molar-refractivity contribution in [3.8, 4) is 5.88 Å². The minimum absolute atomic E-state index is 0.0250. The number of nitrogens with one attached hydrogen (secondary N) is 1. The van der Waals surface area contributed by atoms with E-state index in [1.54, 1.807) is 19.4 Å². The van der Waals surface area contributed by atoms with Crippen LogP contribution < -0.4 is 10.1 Å². The van der Waals surface area contributed by atoms with Crippen LogP contribution >= 0.6 is 0 Å². The maximum atomic E-state index is 12.6. The summed E-state index contributed by atoms with van der Waals surface area (Å²) >= 11 is 0. The first-order valence-corrected chi connectivity index (χ1v) is 8.24. The molecular weight excluding hydrogens is 304 g/mol. The number of carbonyl (C=O) groups is 1. The Bertz CT molecular complexity index is 685. The number of carbonyl (C=O) groups excluding carboxylic acids is 1. The first kappa shape index (κ1) is 16.5. The molecule has 5 nitrogen and oxygen atoms in total. The van der Waals surface area contributed by atoms with Gasteiger partial charge in [-0.15, -0.1) is 0 Å². The smallest absolute Gasteiger partial charge is 0.231 e. The lowest BCUT2D eigenvalue weighted by molar-refractivity contribution is -0.117. The molecule has 1 aromatic heterocycles. The Morgan fingerprint density at radius 3 is 2.92 bits per heavy atom. The average Bonchev–Trinajstić information content (AvgIpc) is 2.63. The molecule has 1 N–H and O–H groups in total. The fourth-order valence-corrected chi connectivity index (χ4v) is 3.02. The van der Waals surface area contributed by atoms with Crippen LogP contribution in [-0.4, -0.2) is 31.2 Å². The van der Waals surface area contributed by atoms with Crippen LogP contribution in [0.3, 0.4) is 0 Å². The number of aryl methyl sites for hydroxylation is 1. The number of nitrogens with zero attached hydrogens (tertiary/aromatic N) is 1. The van der Waals surface area contributed by atoms with E-state index in [0.717, 1.165) is 24.8 Å². The lowest BCUT2D eigenvalue weighted by Crippen LogP contribution is -2.24. The van der Waals surface area contributed by atoms with Gasteiger partial charge in [-0.05, 0) is 36.5 Å². The Hall–Kier alpha value is -2.40. The van der Waals surface area contributed by atoms with E-state index in [0.29, 0.717) is 24.8 Å². The van der Waals surface area contributed by atoms with E-state index in [9.17, 15) is 4.79 Å². The fraction of sp³-hybridized carbons (Fsp3) is 0.368. The molecule has 1 atom stereocenters. The van der Waals surface area contributed by atoms with Crippen molar-refractivity contribution in [3.05, 3.63) is 53.7 Å². The zero-order chi connectivity index (χ0) is 16.8. The molecule has 5 heteroatoms. The third-order valence-electron chi connectivity index (χ3n) is 4.23. The van der Waals surface area contributed by atoms with Crippen molar-refractivity contribution in [1.82, 2.24) is 4.98 Å². The number of ether oxygens (including phenoxy) is 2. The molecule has 1 amide bonds. The molecule has 24 heavy (non-hydrogen) atoms. The molecule has 3 rings (SSSR count). The van der Waals surface area contributed by atoms with Crippen LogP contribution in [0.4, 0.5) is 5.69 Å². The van der Waals surface area contributed by atoms with E-state index in [4.69, 9.17) is 9.47 Å². The van der Waals surface area contributed by atoms with Gasteiger partial charge in [-0.1, -0.05) is 24.3 Å². The Morgan fingerprint density at radius 1 is 1.25 bits per heavy atom. The van der Waals surface area contributed by atoms with E-state index in [-0.39, 0.29) is 11.8 Å². The molecule has 0 spiro atoms. The van der Waals surface area contributed by atoms with Gasteiger partial charge in [-0.3, -0.25) is 4.79 Å². The number of benzene rings is 1. The summed E-state index contributed by atoms with van der Waals surface area (Å²) in [5, 5.41) is 2.97. The highest BCUT2D eigenvalue weighted by Gasteiger charge is 2.26. The lowest BCUT2D eigenvalue weighted by atomic mass is 9.82. The minimum atomic E-state index is -0.0902. The molecule has 0 bridgehead atoms. The van der Waals surface area contributed by atoms with Gasteiger partial charge in [0, 0.05) is 13.2 Å². The minimum Gasteiger partial charge on any atom is -0.475 e. The molecule has 0 saturated heterocycles. The molecule has 1 aliphatic rings. The molecule has 1 heterocycles. The van der Waals surface area contributed by atoms with Crippen LogP contribution in [0.25, 0.3) is 0 Å². The SMILES string of the molecule is COCCOc1ccc(NC(=O)C2CCCc3ccccc32)cn1. The number of hydrogen-bond acceptors (Lipinski definition) is 4. The van der Waals surface area contributed by atoms with Crippen molar-refractivity contribution in [2.24, 2.45) is 0 Å². The molecule has 0 fully saturated rings. The number of anilines is 1. The highest BCUT2D eigenvalue weighted by Crippen LogP contribution is 2.32. The molecule has 126 valence electrons. The Balaban J connectivity index is 1.63. The second-order valence-corrected chi connectivity index (χ2v) is 5.86. The van der Waals surface area contributed by atoms with Gasteiger partial charge in [0.25, 0.3) is 0 Å². The molecule has 2 aromatic rings. The first-order chi connectivity index (χ1) is 11.8. The van der Waals surface area contributed by atoms with Gasteiger partial charge in [0.1, 0.15) is 6.61 Å². The Labute approximate surface area is 142 Å².